The lowest BCUT2D eigenvalue weighted by Gasteiger charge is -2.02. The number of aromatic nitrogens is 2. The molecule has 0 unspecified atom stereocenters. The summed E-state index contributed by atoms with van der Waals surface area (Å²) in [5.41, 5.74) is 1.11. The van der Waals surface area contributed by atoms with Gasteiger partial charge in [0.25, 0.3) is 0 Å². The summed E-state index contributed by atoms with van der Waals surface area (Å²) in [6.45, 7) is 4.49. The molecule has 0 spiro atoms. The van der Waals surface area contributed by atoms with Gasteiger partial charge in [-0.2, -0.15) is 4.57 Å². The van der Waals surface area contributed by atoms with Crippen molar-refractivity contribution in [3.8, 4) is 0 Å². The third-order valence-electron chi connectivity index (χ3n) is 3.40. The number of hydrogen-bond acceptors (Lipinski definition) is 4. The molecule has 0 aliphatic carbocycles. The normalized spacial score (nSPS) is 11.3. The van der Waals surface area contributed by atoms with E-state index in [2.05, 4.69) is 4.98 Å². The molecule has 3 rings (SSSR count). The number of nitrogens with one attached hydrogen (secondary N) is 1. The fourth-order valence-corrected chi connectivity index (χ4v) is 3.92. The summed E-state index contributed by atoms with van der Waals surface area (Å²) in [4.78, 5) is 18.3. The number of nitrogens with zero attached hydrogens (tertiary/aromatic N) is 1. The van der Waals surface area contributed by atoms with Crippen LogP contribution in [0.25, 0.3) is 10.2 Å². The van der Waals surface area contributed by atoms with Gasteiger partial charge in [-0.1, -0.05) is 11.3 Å². The van der Waals surface area contributed by atoms with Gasteiger partial charge in [0, 0.05) is 4.88 Å². The zero-order valence-corrected chi connectivity index (χ0v) is 13.2. The second-order valence-electron chi connectivity index (χ2n) is 4.59. The molecule has 0 aliphatic rings. The summed E-state index contributed by atoms with van der Waals surface area (Å²) >= 11 is 3.17. The first kappa shape index (κ1) is 13.5. The largest absolute Gasteiger partial charge is 0.465 e. The third-order valence-corrected chi connectivity index (χ3v) is 5.23. The van der Waals surface area contributed by atoms with E-state index in [9.17, 15) is 4.79 Å². The molecular weight excluding hydrogens is 292 g/mol. The first-order chi connectivity index (χ1) is 9.61. The number of aromatic amines is 1. The molecule has 1 N–H and O–H groups in total. The van der Waals surface area contributed by atoms with E-state index >= 15 is 0 Å². The number of rotatable bonds is 3. The monoisotopic (exact) mass is 307 g/mol. The molecule has 0 saturated heterocycles. The molecule has 0 saturated carbocycles. The van der Waals surface area contributed by atoms with Gasteiger partial charge in [-0.05, 0) is 49.6 Å². The van der Waals surface area contributed by atoms with E-state index in [0.717, 1.165) is 26.7 Å². The van der Waals surface area contributed by atoms with Gasteiger partial charge < -0.3 is 4.42 Å². The Morgan fingerprint density at radius 3 is 2.90 bits per heavy atom. The quantitative estimate of drug-likeness (QED) is 0.552. The Hall–Kier alpha value is -1.53. The second kappa shape index (κ2) is 5.10. The van der Waals surface area contributed by atoms with Crippen LogP contribution in [0.3, 0.4) is 0 Å². The van der Waals surface area contributed by atoms with Crippen molar-refractivity contribution in [3.05, 3.63) is 45.0 Å². The van der Waals surface area contributed by atoms with Crippen molar-refractivity contribution in [2.24, 2.45) is 0 Å². The van der Waals surface area contributed by atoms with E-state index in [1.54, 1.807) is 22.2 Å². The van der Waals surface area contributed by atoms with Crippen LogP contribution in [0.1, 0.15) is 16.2 Å². The molecular formula is C14H15N2O2S2+. The highest BCUT2D eigenvalue weighted by molar-refractivity contribution is 7.98. The Balaban J connectivity index is 2.26. The van der Waals surface area contributed by atoms with E-state index < -0.39 is 0 Å². The van der Waals surface area contributed by atoms with E-state index in [1.165, 1.54) is 16.6 Å². The first-order valence-corrected chi connectivity index (χ1v) is 8.28. The van der Waals surface area contributed by atoms with Crippen molar-refractivity contribution in [3.63, 3.8) is 0 Å². The lowest BCUT2D eigenvalue weighted by atomic mass is 10.2. The minimum absolute atomic E-state index is 0.0429. The molecule has 0 bridgehead atoms. The summed E-state index contributed by atoms with van der Waals surface area (Å²) in [6.07, 6.45) is 3.59. The highest BCUT2D eigenvalue weighted by Gasteiger charge is 2.22. The zero-order valence-electron chi connectivity index (χ0n) is 11.5. The highest BCUT2D eigenvalue weighted by atomic mass is 32.2. The average molecular weight is 307 g/mol. The van der Waals surface area contributed by atoms with Crippen molar-refractivity contribution >= 4 is 33.3 Å². The van der Waals surface area contributed by atoms with E-state index in [-0.39, 0.29) is 5.56 Å². The molecule has 0 radical (unpaired) electrons. The molecule has 0 amide bonds. The van der Waals surface area contributed by atoms with Crippen LogP contribution in [0.5, 0.6) is 0 Å². The SMILES string of the molecule is CSc1[nH+]c2sc(C)c(C)c2c(=O)n1Cc1ccco1. The minimum Gasteiger partial charge on any atom is -0.465 e. The lowest BCUT2D eigenvalue weighted by Crippen LogP contribution is -2.29. The number of aryl methyl sites for hydroxylation is 2. The average Bonchev–Trinajstić information content (AvgIpc) is 3.02. The molecule has 0 fully saturated rings. The molecule has 0 aliphatic heterocycles. The van der Waals surface area contributed by atoms with Gasteiger partial charge in [-0.25, -0.2) is 9.78 Å². The van der Waals surface area contributed by atoms with Crippen molar-refractivity contribution < 1.29 is 9.40 Å². The van der Waals surface area contributed by atoms with E-state index in [0.29, 0.717) is 6.54 Å². The topological polar surface area (TPSA) is 49.3 Å². The predicted octanol–water partition coefficient (Wildman–Crippen LogP) is 2.86. The number of thioether (sulfide) groups is 1. The Morgan fingerprint density at radius 1 is 1.45 bits per heavy atom. The summed E-state index contributed by atoms with van der Waals surface area (Å²) in [7, 11) is 0. The van der Waals surface area contributed by atoms with Gasteiger partial charge in [0.15, 0.2) is 11.4 Å². The van der Waals surface area contributed by atoms with Crippen molar-refractivity contribution in [2.75, 3.05) is 6.26 Å². The number of hydrogen-bond donors (Lipinski definition) is 0. The number of furan rings is 1. The zero-order chi connectivity index (χ0) is 14.3. The molecule has 104 valence electrons. The molecule has 3 aromatic rings. The molecule has 0 aromatic carbocycles. The Morgan fingerprint density at radius 2 is 2.25 bits per heavy atom. The van der Waals surface area contributed by atoms with E-state index in [1.807, 2.05) is 32.2 Å². The maximum absolute atomic E-state index is 12.8. The van der Waals surface area contributed by atoms with Crippen LogP contribution in [-0.2, 0) is 6.54 Å². The summed E-state index contributed by atoms with van der Waals surface area (Å²) < 4.78 is 7.10. The fraction of sp³-hybridized carbons (Fsp3) is 0.286. The molecule has 4 nitrogen and oxygen atoms in total. The minimum atomic E-state index is 0.0429. The van der Waals surface area contributed by atoms with Crippen molar-refractivity contribution in [2.45, 2.75) is 25.5 Å². The van der Waals surface area contributed by atoms with Gasteiger partial charge in [0.05, 0.1) is 6.26 Å². The third kappa shape index (κ3) is 2.09. The predicted molar refractivity (Wildman–Crippen MR) is 81.7 cm³/mol. The van der Waals surface area contributed by atoms with Crippen LogP contribution < -0.4 is 10.5 Å². The van der Waals surface area contributed by atoms with Crippen LogP contribution in [0.15, 0.2) is 32.8 Å². The van der Waals surface area contributed by atoms with Crippen LogP contribution in [0.4, 0.5) is 0 Å². The second-order valence-corrected chi connectivity index (χ2v) is 6.61. The van der Waals surface area contributed by atoms with Gasteiger partial charge in [-0.3, -0.25) is 0 Å². The van der Waals surface area contributed by atoms with Gasteiger partial charge in [-0.15, -0.1) is 0 Å². The Labute approximate surface area is 124 Å². The summed E-state index contributed by atoms with van der Waals surface area (Å²) in [6, 6.07) is 3.72. The molecule has 3 heterocycles. The molecule has 6 heteroatoms. The number of thiophene rings is 1. The standard InChI is InChI=1S/C14H14N2O2S2/c1-8-9(2)20-12-11(8)13(17)16(14(15-12)19-3)7-10-5-4-6-18-10/h4-6H,7H2,1-3H3/p+1. The van der Waals surface area contributed by atoms with Crippen LogP contribution in [0, 0.1) is 13.8 Å². The Kier molecular flexibility index (Phi) is 3.43. The van der Waals surface area contributed by atoms with Crippen LogP contribution >= 0.6 is 23.1 Å². The number of H-pyrrole nitrogens is 1. The lowest BCUT2D eigenvalue weighted by molar-refractivity contribution is -0.404. The van der Waals surface area contributed by atoms with Gasteiger partial charge in [0.2, 0.25) is 0 Å². The van der Waals surface area contributed by atoms with Crippen LogP contribution in [0.2, 0.25) is 0 Å². The smallest absolute Gasteiger partial charge is 0.347 e. The molecule has 0 atom stereocenters. The highest BCUT2D eigenvalue weighted by Crippen LogP contribution is 2.25. The van der Waals surface area contributed by atoms with Gasteiger partial charge >= 0.3 is 10.7 Å². The van der Waals surface area contributed by atoms with Crippen LogP contribution in [-0.4, -0.2) is 10.8 Å². The Bertz CT molecular complexity index is 816. The first-order valence-electron chi connectivity index (χ1n) is 6.24. The summed E-state index contributed by atoms with van der Waals surface area (Å²) in [5.74, 6) is 0.778. The summed E-state index contributed by atoms with van der Waals surface area (Å²) in [5, 5.41) is 1.64. The van der Waals surface area contributed by atoms with Gasteiger partial charge in [0.1, 0.15) is 11.1 Å². The maximum Gasteiger partial charge on any atom is 0.347 e. The fourth-order valence-electron chi connectivity index (χ4n) is 2.23. The maximum atomic E-state index is 12.8. The molecule has 3 aromatic heterocycles. The number of fused-ring (bicyclic) bond motifs is 1. The van der Waals surface area contributed by atoms with Crippen molar-refractivity contribution in [1.29, 1.82) is 0 Å². The van der Waals surface area contributed by atoms with E-state index in [4.69, 9.17) is 4.42 Å². The van der Waals surface area contributed by atoms with Crippen molar-refractivity contribution in [1.82, 2.24) is 4.57 Å². The molecule has 20 heavy (non-hydrogen) atoms.